The minimum atomic E-state index is 0.592. The van der Waals surface area contributed by atoms with Crippen molar-refractivity contribution in [2.75, 3.05) is 0 Å². The van der Waals surface area contributed by atoms with E-state index in [-0.39, 0.29) is 0 Å². The summed E-state index contributed by atoms with van der Waals surface area (Å²) in [5.74, 6) is 0.592. The van der Waals surface area contributed by atoms with E-state index in [1.54, 1.807) is 0 Å². The van der Waals surface area contributed by atoms with Crippen LogP contribution in [-0.4, -0.2) is 5.71 Å². The predicted molar refractivity (Wildman–Crippen MR) is 139 cm³/mol. The minimum absolute atomic E-state index is 0.592. The average Bonchev–Trinajstić information content (AvgIpc) is 2.76. The molecule has 1 aliphatic rings. The Morgan fingerprint density at radius 1 is 1.10 bits per heavy atom. The summed E-state index contributed by atoms with van der Waals surface area (Å²) >= 11 is 0. The molecule has 1 aliphatic carbocycles. The van der Waals surface area contributed by atoms with Crippen LogP contribution in [-0.2, 0) is 6.42 Å². The zero-order valence-electron chi connectivity index (χ0n) is 20.4. The van der Waals surface area contributed by atoms with Crippen molar-refractivity contribution in [3.63, 3.8) is 0 Å². The highest BCUT2D eigenvalue weighted by molar-refractivity contribution is 5.85. The Balaban J connectivity index is 2.11. The van der Waals surface area contributed by atoms with E-state index >= 15 is 0 Å². The van der Waals surface area contributed by atoms with Crippen LogP contribution in [0.4, 0.5) is 0 Å². The molecule has 0 saturated carbocycles. The summed E-state index contributed by atoms with van der Waals surface area (Å²) < 4.78 is 0. The van der Waals surface area contributed by atoms with Crippen molar-refractivity contribution >= 4 is 5.71 Å². The van der Waals surface area contributed by atoms with Crippen molar-refractivity contribution in [1.29, 1.82) is 0 Å². The average molecular weight is 418 g/mol. The van der Waals surface area contributed by atoms with Gasteiger partial charge in [-0.05, 0) is 76.4 Å². The van der Waals surface area contributed by atoms with Gasteiger partial charge in [0.1, 0.15) is 0 Å². The molecule has 168 valence electrons. The Morgan fingerprint density at radius 2 is 1.81 bits per heavy atom. The Labute approximate surface area is 191 Å². The van der Waals surface area contributed by atoms with Gasteiger partial charge in [0.15, 0.2) is 0 Å². The van der Waals surface area contributed by atoms with Crippen LogP contribution in [0.15, 0.2) is 77.0 Å². The first kappa shape index (κ1) is 25.1. The highest BCUT2D eigenvalue weighted by Gasteiger charge is 2.11. The summed E-state index contributed by atoms with van der Waals surface area (Å²) in [5.41, 5.74) is 7.74. The monoisotopic (exact) mass is 417 g/mol. The van der Waals surface area contributed by atoms with E-state index in [1.807, 2.05) is 0 Å². The first-order chi connectivity index (χ1) is 15.0. The van der Waals surface area contributed by atoms with Gasteiger partial charge in [0.25, 0.3) is 0 Å². The van der Waals surface area contributed by atoms with Crippen molar-refractivity contribution in [1.82, 2.24) is 0 Å². The van der Waals surface area contributed by atoms with Gasteiger partial charge in [0, 0.05) is 17.8 Å². The molecule has 0 fully saturated rings. The molecule has 1 heteroatoms. The Kier molecular flexibility index (Phi) is 11.4. The lowest BCUT2D eigenvalue weighted by molar-refractivity contribution is 0.556. The quantitative estimate of drug-likeness (QED) is 0.224. The van der Waals surface area contributed by atoms with Crippen molar-refractivity contribution in [3.05, 3.63) is 83.1 Å². The number of aliphatic imine (C=N–C) groups is 1. The normalized spacial score (nSPS) is 14.8. The molecule has 2 rings (SSSR count). The molecule has 31 heavy (non-hydrogen) atoms. The highest BCUT2D eigenvalue weighted by atomic mass is 14.8. The molecule has 0 aromatic heterocycles. The van der Waals surface area contributed by atoms with Gasteiger partial charge in [-0.15, -0.1) is 0 Å². The van der Waals surface area contributed by atoms with Crippen LogP contribution in [0.2, 0.25) is 0 Å². The number of benzene rings is 1. The number of allylic oxidation sites excluding steroid dienone is 7. The number of aryl methyl sites for hydroxylation is 1. The highest BCUT2D eigenvalue weighted by Crippen LogP contribution is 2.22. The molecule has 0 spiro atoms. The molecule has 0 saturated heterocycles. The van der Waals surface area contributed by atoms with Crippen LogP contribution in [0.1, 0.15) is 89.7 Å². The van der Waals surface area contributed by atoms with E-state index in [0.29, 0.717) is 5.92 Å². The number of rotatable bonds is 13. The van der Waals surface area contributed by atoms with E-state index < -0.39 is 0 Å². The van der Waals surface area contributed by atoms with E-state index in [9.17, 15) is 0 Å². The Bertz CT molecular complexity index is 795. The summed E-state index contributed by atoms with van der Waals surface area (Å²) in [7, 11) is 0. The molecule has 0 N–H and O–H groups in total. The maximum absolute atomic E-state index is 5.16. The van der Waals surface area contributed by atoms with Gasteiger partial charge >= 0.3 is 0 Å². The molecule has 0 aliphatic heterocycles. The summed E-state index contributed by atoms with van der Waals surface area (Å²) in [4.78, 5) is 5.16. The Morgan fingerprint density at radius 3 is 2.42 bits per heavy atom. The van der Waals surface area contributed by atoms with E-state index in [2.05, 4.69) is 82.8 Å². The molecule has 0 radical (unpaired) electrons. The second kappa shape index (κ2) is 14.0. The molecule has 0 unspecified atom stereocenters. The predicted octanol–water partition coefficient (Wildman–Crippen LogP) is 9.10. The van der Waals surface area contributed by atoms with Crippen LogP contribution >= 0.6 is 0 Å². The SMILES string of the molecule is C=C(/C=C(/Cc1ccc(C)cc1)N=C(C)C(CCC)CCC)CCCC1=CCCC=C1. The summed E-state index contributed by atoms with van der Waals surface area (Å²) in [6.07, 6.45) is 20.7. The molecule has 0 atom stereocenters. The maximum Gasteiger partial charge on any atom is 0.0449 e. The van der Waals surface area contributed by atoms with Crippen LogP contribution < -0.4 is 0 Å². The third kappa shape index (κ3) is 9.68. The fourth-order valence-corrected chi connectivity index (χ4v) is 4.30. The van der Waals surface area contributed by atoms with Crippen molar-refractivity contribution < 1.29 is 0 Å². The van der Waals surface area contributed by atoms with Crippen LogP contribution in [0.3, 0.4) is 0 Å². The van der Waals surface area contributed by atoms with Crippen LogP contribution in [0.5, 0.6) is 0 Å². The maximum atomic E-state index is 5.16. The summed E-state index contributed by atoms with van der Waals surface area (Å²) in [6.45, 7) is 13.3. The molecular weight excluding hydrogens is 374 g/mol. The zero-order valence-corrected chi connectivity index (χ0v) is 20.4. The van der Waals surface area contributed by atoms with Crippen molar-refractivity contribution in [2.24, 2.45) is 10.9 Å². The third-order valence-corrected chi connectivity index (χ3v) is 6.10. The standard InChI is InChI=1S/C30H43N/c1-6-12-29(13-7-2)26(5)31-30(23-28-20-18-24(3)19-21-28)22-25(4)14-11-17-27-15-9-8-10-16-27/h9,15-16,18-22,29H,4,6-8,10-14,17,23H2,1-3,5H3/b30-22-,31-26?. The fraction of sp³-hybridized carbons (Fsp3) is 0.500. The second-order valence-electron chi connectivity index (χ2n) is 9.10. The van der Waals surface area contributed by atoms with Gasteiger partial charge in [-0.1, -0.05) is 92.5 Å². The fourth-order valence-electron chi connectivity index (χ4n) is 4.30. The number of hydrogen-bond donors (Lipinski definition) is 0. The first-order valence-electron chi connectivity index (χ1n) is 12.4. The zero-order chi connectivity index (χ0) is 22.5. The van der Waals surface area contributed by atoms with Gasteiger partial charge in [0.2, 0.25) is 0 Å². The van der Waals surface area contributed by atoms with E-state index in [1.165, 1.54) is 66.5 Å². The lowest BCUT2D eigenvalue weighted by Gasteiger charge is -2.16. The topological polar surface area (TPSA) is 12.4 Å². The number of hydrogen-bond acceptors (Lipinski definition) is 1. The summed E-state index contributed by atoms with van der Waals surface area (Å²) in [5, 5.41) is 0. The number of nitrogens with zero attached hydrogens (tertiary/aromatic N) is 1. The van der Waals surface area contributed by atoms with E-state index in [4.69, 9.17) is 4.99 Å². The molecule has 1 nitrogen and oxygen atoms in total. The lowest BCUT2D eigenvalue weighted by atomic mass is 9.93. The minimum Gasteiger partial charge on any atom is -0.262 e. The van der Waals surface area contributed by atoms with Gasteiger partial charge in [0.05, 0.1) is 0 Å². The summed E-state index contributed by atoms with van der Waals surface area (Å²) in [6, 6.07) is 8.85. The Hall–Kier alpha value is -2.15. The smallest absolute Gasteiger partial charge is 0.0449 e. The molecule has 0 heterocycles. The molecule has 1 aromatic rings. The van der Waals surface area contributed by atoms with E-state index in [0.717, 1.165) is 31.4 Å². The molecular formula is C30H43N. The van der Waals surface area contributed by atoms with Gasteiger partial charge in [-0.2, -0.15) is 0 Å². The largest absolute Gasteiger partial charge is 0.262 e. The lowest BCUT2D eigenvalue weighted by Crippen LogP contribution is -2.11. The van der Waals surface area contributed by atoms with Gasteiger partial charge in [-0.25, -0.2) is 0 Å². The van der Waals surface area contributed by atoms with Crippen LogP contribution in [0.25, 0.3) is 0 Å². The van der Waals surface area contributed by atoms with Gasteiger partial charge < -0.3 is 0 Å². The van der Waals surface area contributed by atoms with Gasteiger partial charge in [-0.3, -0.25) is 4.99 Å². The van der Waals surface area contributed by atoms with Crippen LogP contribution in [0, 0.1) is 12.8 Å². The van der Waals surface area contributed by atoms with Crippen molar-refractivity contribution in [2.45, 2.75) is 91.9 Å². The first-order valence-corrected chi connectivity index (χ1v) is 12.4. The molecule has 0 bridgehead atoms. The third-order valence-electron chi connectivity index (χ3n) is 6.10. The second-order valence-corrected chi connectivity index (χ2v) is 9.10. The molecule has 1 aromatic carbocycles. The van der Waals surface area contributed by atoms with Crippen molar-refractivity contribution in [3.8, 4) is 0 Å². The molecule has 0 amide bonds.